The van der Waals surface area contributed by atoms with Crippen LogP contribution >= 0.6 is 0 Å². The Hall–Kier alpha value is -3.81. The van der Waals surface area contributed by atoms with E-state index in [0.717, 1.165) is 16.9 Å². The summed E-state index contributed by atoms with van der Waals surface area (Å²) in [5, 5.41) is 8.08. The molecule has 2 aromatic carbocycles. The van der Waals surface area contributed by atoms with Gasteiger partial charge in [-0.05, 0) is 53.5 Å². The molecule has 0 saturated carbocycles. The van der Waals surface area contributed by atoms with E-state index in [1.165, 1.54) is 6.20 Å². The molecule has 1 aliphatic rings. The number of hydrogen-bond donors (Lipinski definition) is 2. The van der Waals surface area contributed by atoms with Gasteiger partial charge in [-0.2, -0.15) is 13.2 Å². The third kappa shape index (κ3) is 4.41. The second-order valence-corrected chi connectivity index (χ2v) is 8.75. The van der Waals surface area contributed by atoms with Gasteiger partial charge >= 0.3 is 6.18 Å². The molecule has 0 aliphatic carbocycles. The molecule has 3 aromatic rings. The minimum absolute atomic E-state index is 0.0662. The van der Waals surface area contributed by atoms with E-state index in [2.05, 4.69) is 25.8 Å². The van der Waals surface area contributed by atoms with Gasteiger partial charge < -0.3 is 15.4 Å². The van der Waals surface area contributed by atoms with Crippen LogP contribution in [0.3, 0.4) is 0 Å². The quantitative estimate of drug-likeness (QED) is 0.338. The van der Waals surface area contributed by atoms with Crippen molar-refractivity contribution in [2.75, 3.05) is 4.90 Å². The standard InChI is InChI=1S/C25H23F3N4O/c1-24(2,3)15-8-9-20-22(12-15)33-21-7-5-4-6-19(21)32(20)16-10-11-31-18(13-16)17(29)14-23(30)25(26,27)28/h4-14,29H,30H2,1-3H3. The molecule has 0 fully saturated rings. The van der Waals surface area contributed by atoms with Crippen LogP contribution in [0.2, 0.25) is 0 Å². The number of aromatic nitrogens is 1. The SMILES string of the molecule is CC(C)(C)c1ccc2c(c1)Oc1ccccc1N2c1ccnc(C(=N)C=C(N)C(F)(F)F)c1. The van der Waals surface area contributed by atoms with Crippen molar-refractivity contribution in [3.05, 3.63) is 83.8 Å². The highest BCUT2D eigenvalue weighted by molar-refractivity contribution is 6.06. The van der Waals surface area contributed by atoms with E-state index < -0.39 is 17.6 Å². The second-order valence-electron chi connectivity index (χ2n) is 8.75. The summed E-state index contributed by atoms with van der Waals surface area (Å²) < 4.78 is 44.6. The summed E-state index contributed by atoms with van der Waals surface area (Å²) in [4.78, 5) is 6.02. The Morgan fingerprint density at radius 2 is 1.70 bits per heavy atom. The molecule has 33 heavy (non-hydrogen) atoms. The number of pyridine rings is 1. The maximum absolute atomic E-state index is 12.8. The smallest absolute Gasteiger partial charge is 0.430 e. The zero-order valence-corrected chi connectivity index (χ0v) is 18.4. The maximum atomic E-state index is 12.8. The molecule has 1 aliphatic heterocycles. The highest BCUT2D eigenvalue weighted by Gasteiger charge is 2.32. The second kappa shape index (κ2) is 7.95. The first kappa shape index (κ1) is 22.4. The van der Waals surface area contributed by atoms with Gasteiger partial charge in [0.05, 0.1) is 28.5 Å². The van der Waals surface area contributed by atoms with Crippen molar-refractivity contribution in [1.29, 1.82) is 5.41 Å². The number of nitrogens with zero attached hydrogens (tertiary/aromatic N) is 2. The molecule has 8 heteroatoms. The summed E-state index contributed by atoms with van der Waals surface area (Å²) in [5.41, 5.74) is 6.56. The van der Waals surface area contributed by atoms with Gasteiger partial charge in [0.25, 0.3) is 0 Å². The van der Waals surface area contributed by atoms with Gasteiger partial charge in [-0.3, -0.25) is 10.4 Å². The molecule has 2 heterocycles. The molecule has 0 radical (unpaired) electrons. The van der Waals surface area contributed by atoms with Gasteiger partial charge in [0.15, 0.2) is 11.5 Å². The zero-order chi connectivity index (χ0) is 24.0. The van der Waals surface area contributed by atoms with Crippen molar-refractivity contribution in [2.24, 2.45) is 5.73 Å². The number of para-hydroxylation sites is 2. The summed E-state index contributed by atoms with van der Waals surface area (Å²) in [7, 11) is 0. The van der Waals surface area contributed by atoms with E-state index in [4.69, 9.17) is 15.9 Å². The van der Waals surface area contributed by atoms with Crippen LogP contribution in [0.5, 0.6) is 11.5 Å². The molecule has 4 rings (SSSR count). The first-order chi connectivity index (χ1) is 15.4. The number of ether oxygens (including phenoxy) is 1. The van der Waals surface area contributed by atoms with Gasteiger partial charge in [0.2, 0.25) is 0 Å². The van der Waals surface area contributed by atoms with E-state index in [0.29, 0.717) is 23.3 Å². The van der Waals surface area contributed by atoms with Gasteiger partial charge in [-0.25, -0.2) is 0 Å². The molecule has 0 amide bonds. The highest BCUT2D eigenvalue weighted by Crippen LogP contribution is 2.51. The van der Waals surface area contributed by atoms with Crippen LogP contribution in [0.25, 0.3) is 0 Å². The Morgan fingerprint density at radius 3 is 2.39 bits per heavy atom. The fourth-order valence-corrected chi connectivity index (χ4v) is 3.52. The van der Waals surface area contributed by atoms with Crippen LogP contribution in [0.4, 0.5) is 30.2 Å². The number of alkyl halides is 3. The van der Waals surface area contributed by atoms with Crippen molar-refractivity contribution in [2.45, 2.75) is 32.4 Å². The van der Waals surface area contributed by atoms with E-state index >= 15 is 0 Å². The minimum Gasteiger partial charge on any atom is -0.453 e. The molecule has 0 bridgehead atoms. The van der Waals surface area contributed by atoms with Gasteiger partial charge in [-0.1, -0.05) is 39.0 Å². The minimum atomic E-state index is -4.71. The van der Waals surface area contributed by atoms with Crippen LogP contribution in [0.1, 0.15) is 32.0 Å². The number of halogens is 3. The Bertz CT molecular complexity index is 1260. The lowest BCUT2D eigenvalue weighted by Gasteiger charge is -2.34. The third-order valence-electron chi connectivity index (χ3n) is 5.30. The summed E-state index contributed by atoms with van der Waals surface area (Å²) in [6.45, 7) is 6.35. The number of nitrogens with one attached hydrogen (secondary N) is 1. The molecular formula is C25H23F3N4O. The Morgan fingerprint density at radius 1 is 1.00 bits per heavy atom. The Kier molecular flexibility index (Phi) is 5.40. The fraction of sp³-hybridized carbons (Fsp3) is 0.200. The monoisotopic (exact) mass is 452 g/mol. The van der Waals surface area contributed by atoms with Crippen molar-refractivity contribution >= 4 is 22.8 Å². The van der Waals surface area contributed by atoms with Crippen LogP contribution in [-0.4, -0.2) is 16.9 Å². The average molecular weight is 452 g/mol. The van der Waals surface area contributed by atoms with Crippen molar-refractivity contribution in [1.82, 2.24) is 4.98 Å². The maximum Gasteiger partial charge on any atom is 0.430 e. The molecule has 0 saturated heterocycles. The summed E-state index contributed by atoms with van der Waals surface area (Å²) in [6, 6.07) is 16.8. The van der Waals surface area contributed by atoms with Gasteiger partial charge in [0.1, 0.15) is 5.70 Å². The van der Waals surface area contributed by atoms with Crippen molar-refractivity contribution in [3.63, 3.8) is 0 Å². The number of anilines is 3. The van der Waals surface area contributed by atoms with Crippen LogP contribution < -0.4 is 15.4 Å². The van der Waals surface area contributed by atoms with Crippen molar-refractivity contribution in [3.8, 4) is 11.5 Å². The third-order valence-corrected chi connectivity index (χ3v) is 5.30. The summed E-state index contributed by atoms with van der Waals surface area (Å²) in [6.07, 6.45) is -2.68. The van der Waals surface area contributed by atoms with Crippen molar-refractivity contribution < 1.29 is 17.9 Å². The molecule has 0 unspecified atom stereocenters. The molecular weight excluding hydrogens is 429 g/mol. The molecule has 0 atom stereocenters. The first-order valence-corrected chi connectivity index (χ1v) is 10.3. The lowest BCUT2D eigenvalue weighted by atomic mass is 9.86. The van der Waals surface area contributed by atoms with E-state index in [9.17, 15) is 13.2 Å². The fourth-order valence-electron chi connectivity index (χ4n) is 3.52. The topological polar surface area (TPSA) is 75.2 Å². The predicted molar refractivity (Wildman–Crippen MR) is 123 cm³/mol. The van der Waals surface area contributed by atoms with Crippen LogP contribution in [0, 0.1) is 5.41 Å². The Labute approximate surface area is 189 Å². The highest BCUT2D eigenvalue weighted by atomic mass is 19.4. The normalized spacial score (nSPS) is 13.8. The molecule has 170 valence electrons. The van der Waals surface area contributed by atoms with Gasteiger partial charge in [-0.15, -0.1) is 0 Å². The number of nitrogens with two attached hydrogens (primary N) is 1. The first-order valence-electron chi connectivity index (χ1n) is 10.3. The predicted octanol–water partition coefficient (Wildman–Crippen LogP) is 6.73. The molecule has 1 aromatic heterocycles. The number of hydrogen-bond acceptors (Lipinski definition) is 5. The number of benzene rings is 2. The van der Waals surface area contributed by atoms with E-state index in [-0.39, 0.29) is 11.1 Å². The largest absolute Gasteiger partial charge is 0.453 e. The summed E-state index contributed by atoms with van der Waals surface area (Å²) in [5.74, 6) is 1.31. The zero-order valence-electron chi connectivity index (χ0n) is 18.4. The van der Waals surface area contributed by atoms with Crippen LogP contribution in [-0.2, 0) is 5.41 Å². The average Bonchev–Trinajstić information content (AvgIpc) is 2.75. The number of rotatable bonds is 3. The summed E-state index contributed by atoms with van der Waals surface area (Å²) >= 11 is 0. The van der Waals surface area contributed by atoms with Crippen LogP contribution in [0.15, 0.2) is 72.6 Å². The Balaban J connectivity index is 1.82. The lowest BCUT2D eigenvalue weighted by molar-refractivity contribution is -0.0925. The molecule has 0 spiro atoms. The van der Waals surface area contributed by atoms with E-state index in [1.54, 1.807) is 12.1 Å². The van der Waals surface area contributed by atoms with Gasteiger partial charge in [0, 0.05) is 6.20 Å². The molecule has 5 nitrogen and oxygen atoms in total. The number of fused-ring (bicyclic) bond motifs is 2. The lowest BCUT2D eigenvalue weighted by Crippen LogP contribution is -2.21. The number of allylic oxidation sites excluding steroid dienone is 2. The van der Waals surface area contributed by atoms with E-state index in [1.807, 2.05) is 47.4 Å². The molecule has 3 N–H and O–H groups in total.